The molecule has 0 amide bonds. The molecule has 0 aliphatic carbocycles. The first kappa shape index (κ1) is 11.9. The maximum atomic E-state index is 6.04. The van der Waals surface area contributed by atoms with E-state index in [9.17, 15) is 0 Å². The molecule has 1 saturated heterocycles. The molecule has 0 bridgehead atoms. The molecule has 1 N–H and O–H groups in total. The van der Waals surface area contributed by atoms with Crippen molar-refractivity contribution in [3.05, 3.63) is 28.2 Å². The lowest BCUT2D eigenvalue weighted by Gasteiger charge is -2.18. The Labute approximate surface area is 106 Å². The highest BCUT2D eigenvalue weighted by molar-refractivity contribution is 9.10. The van der Waals surface area contributed by atoms with Gasteiger partial charge >= 0.3 is 0 Å². The van der Waals surface area contributed by atoms with Crippen LogP contribution >= 0.6 is 15.9 Å². The minimum atomic E-state index is 0.332. The predicted octanol–water partition coefficient (Wildman–Crippen LogP) is 3.31. The first-order chi connectivity index (χ1) is 7.66. The van der Waals surface area contributed by atoms with Crippen LogP contribution in [0.1, 0.15) is 31.7 Å². The van der Waals surface area contributed by atoms with Crippen LogP contribution in [0.4, 0.5) is 0 Å². The van der Waals surface area contributed by atoms with Gasteiger partial charge in [0, 0.05) is 11.0 Å². The van der Waals surface area contributed by atoms with Gasteiger partial charge in [-0.15, -0.1) is 0 Å². The molecule has 0 radical (unpaired) electrons. The SMILES string of the molecule is CC(C)c1cc(Br)ccc1O[C@H]1CCNC1. The molecule has 2 nitrogen and oxygen atoms in total. The smallest absolute Gasteiger partial charge is 0.123 e. The van der Waals surface area contributed by atoms with Gasteiger partial charge in [-0.25, -0.2) is 0 Å². The molecule has 1 aliphatic heterocycles. The Kier molecular flexibility index (Phi) is 3.87. The molecule has 88 valence electrons. The van der Waals surface area contributed by atoms with Crippen LogP contribution in [0.3, 0.4) is 0 Å². The normalized spacial score (nSPS) is 20.4. The number of nitrogens with one attached hydrogen (secondary N) is 1. The summed E-state index contributed by atoms with van der Waals surface area (Å²) in [6.45, 7) is 6.43. The number of halogens is 1. The van der Waals surface area contributed by atoms with Gasteiger partial charge in [-0.1, -0.05) is 29.8 Å². The Balaban J connectivity index is 2.18. The molecular weight excluding hydrogens is 266 g/mol. The van der Waals surface area contributed by atoms with Gasteiger partial charge in [0.15, 0.2) is 0 Å². The molecule has 0 spiro atoms. The highest BCUT2D eigenvalue weighted by atomic mass is 79.9. The van der Waals surface area contributed by atoms with E-state index in [2.05, 4.69) is 47.2 Å². The zero-order valence-corrected chi connectivity index (χ0v) is 11.4. The summed E-state index contributed by atoms with van der Waals surface area (Å²) in [5, 5.41) is 3.32. The van der Waals surface area contributed by atoms with Crippen molar-refractivity contribution in [3.63, 3.8) is 0 Å². The van der Waals surface area contributed by atoms with Crippen molar-refractivity contribution >= 4 is 15.9 Å². The number of hydrogen-bond donors (Lipinski definition) is 1. The van der Waals surface area contributed by atoms with Crippen molar-refractivity contribution in [3.8, 4) is 5.75 Å². The third-order valence-electron chi connectivity index (χ3n) is 2.90. The average Bonchev–Trinajstić information content (AvgIpc) is 2.73. The topological polar surface area (TPSA) is 21.3 Å². The molecule has 1 heterocycles. The molecule has 1 aromatic carbocycles. The first-order valence-electron chi connectivity index (χ1n) is 5.83. The fourth-order valence-electron chi connectivity index (χ4n) is 1.99. The summed E-state index contributed by atoms with van der Waals surface area (Å²) in [6, 6.07) is 6.27. The van der Waals surface area contributed by atoms with E-state index in [1.165, 1.54) is 5.56 Å². The third-order valence-corrected chi connectivity index (χ3v) is 3.40. The van der Waals surface area contributed by atoms with E-state index in [0.717, 1.165) is 29.7 Å². The van der Waals surface area contributed by atoms with Crippen molar-refractivity contribution in [1.29, 1.82) is 0 Å². The van der Waals surface area contributed by atoms with E-state index in [1.807, 2.05) is 6.07 Å². The number of hydrogen-bond acceptors (Lipinski definition) is 2. The summed E-state index contributed by atoms with van der Waals surface area (Å²) >= 11 is 3.51. The Morgan fingerprint density at radius 3 is 2.88 bits per heavy atom. The van der Waals surface area contributed by atoms with Crippen LogP contribution < -0.4 is 10.1 Å². The van der Waals surface area contributed by atoms with Crippen molar-refractivity contribution in [2.75, 3.05) is 13.1 Å². The Morgan fingerprint density at radius 1 is 1.44 bits per heavy atom. The van der Waals surface area contributed by atoms with Crippen LogP contribution in [-0.4, -0.2) is 19.2 Å². The molecule has 1 aliphatic rings. The lowest BCUT2D eigenvalue weighted by atomic mass is 10.0. The van der Waals surface area contributed by atoms with Gasteiger partial charge in [-0.2, -0.15) is 0 Å². The third kappa shape index (κ3) is 2.77. The van der Waals surface area contributed by atoms with Crippen LogP contribution in [-0.2, 0) is 0 Å². The summed E-state index contributed by atoms with van der Waals surface area (Å²) < 4.78 is 7.16. The summed E-state index contributed by atoms with van der Waals surface area (Å²) in [5.41, 5.74) is 1.28. The zero-order valence-electron chi connectivity index (χ0n) is 9.79. The monoisotopic (exact) mass is 283 g/mol. The standard InChI is InChI=1S/C13H18BrNO/c1-9(2)12-7-10(14)3-4-13(12)16-11-5-6-15-8-11/h3-4,7,9,11,15H,5-6,8H2,1-2H3/t11-/m0/s1. The fourth-order valence-corrected chi connectivity index (χ4v) is 2.36. The largest absolute Gasteiger partial charge is 0.489 e. The second kappa shape index (κ2) is 5.19. The average molecular weight is 284 g/mol. The molecule has 2 rings (SSSR count). The van der Waals surface area contributed by atoms with Crippen molar-refractivity contribution in [1.82, 2.24) is 5.32 Å². The summed E-state index contributed by atoms with van der Waals surface area (Å²) in [5.74, 6) is 1.52. The van der Waals surface area contributed by atoms with E-state index in [0.29, 0.717) is 12.0 Å². The number of ether oxygens (including phenoxy) is 1. The lowest BCUT2D eigenvalue weighted by Crippen LogP contribution is -2.20. The minimum Gasteiger partial charge on any atom is -0.489 e. The van der Waals surface area contributed by atoms with E-state index in [-0.39, 0.29) is 0 Å². The summed E-state index contributed by atoms with van der Waals surface area (Å²) in [4.78, 5) is 0. The maximum Gasteiger partial charge on any atom is 0.123 e. The van der Waals surface area contributed by atoms with Gasteiger partial charge in [0.05, 0.1) is 0 Å². The molecule has 1 aromatic rings. The Morgan fingerprint density at radius 2 is 2.25 bits per heavy atom. The van der Waals surface area contributed by atoms with E-state index < -0.39 is 0 Å². The Hall–Kier alpha value is -0.540. The highest BCUT2D eigenvalue weighted by Gasteiger charge is 2.18. The lowest BCUT2D eigenvalue weighted by molar-refractivity contribution is 0.220. The Bertz CT molecular complexity index is 359. The molecule has 0 unspecified atom stereocenters. The minimum absolute atomic E-state index is 0.332. The van der Waals surface area contributed by atoms with Crippen LogP contribution in [0.25, 0.3) is 0 Å². The summed E-state index contributed by atoms with van der Waals surface area (Å²) in [7, 11) is 0. The van der Waals surface area contributed by atoms with Crippen LogP contribution in [0.2, 0.25) is 0 Å². The molecule has 16 heavy (non-hydrogen) atoms. The van der Waals surface area contributed by atoms with Gasteiger partial charge in [0.2, 0.25) is 0 Å². The van der Waals surface area contributed by atoms with Gasteiger partial charge < -0.3 is 10.1 Å². The van der Waals surface area contributed by atoms with Crippen molar-refractivity contribution in [2.24, 2.45) is 0 Å². The number of rotatable bonds is 3. The van der Waals surface area contributed by atoms with Gasteiger partial charge in [-0.3, -0.25) is 0 Å². The first-order valence-corrected chi connectivity index (χ1v) is 6.63. The van der Waals surface area contributed by atoms with E-state index in [4.69, 9.17) is 4.74 Å². The molecular formula is C13H18BrNO. The van der Waals surface area contributed by atoms with E-state index in [1.54, 1.807) is 0 Å². The quantitative estimate of drug-likeness (QED) is 0.919. The predicted molar refractivity (Wildman–Crippen MR) is 70.1 cm³/mol. The zero-order chi connectivity index (χ0) is 11.5. The molecule has 0 aromatic heterocycles. The van der Waals surface area contributed by atoms with Gasteiger partial charge in [0.1, 0.15) is 11.9 Å². The van der Waals surface area contributed by atoms with Crippen molar-refractivity contribution in [2.45, 2.75) is 32.3 Å². The van der Waals surface area contributed by atoms with E-state index >= 15 is 0 Å². The summed E-state index contributed by atoms with van der Waals surface area (Å²) in [6.07, 6.45) is 1.44. The molecule has 1 fully saturated rings. The second-order valence-electron chi connectivity index (χ2n) is 4.57. The fraction of sp³-hybridized carbons (Fsp3) is 0.538. The van der Waals surface area contributed by atoms with Gasteiger partial charge in [0.25, 0.3) is 0 Å². The van der Waals surface area contributed by atoms with Crippen LogP contribution in [0.15, 0.2) is 22.7 Å². The maximum absolute atomic E-state index is 6.04. The highest BCUT2D eigenvalue weighted by Crippen LogP contribution is 2.30. The molecule has 1 atom stereocenters. The van der Waals surface area contributed by atoms with Crippen molar-refractivity contribution < 1.29 is 4.74 Å². The van der Waals surface area contributed by atoms with Gasteiger partial charge in [-0.05, 0) is 42.6 Å². The van der Waals surface area contributed by atoms with Crippen LogP contribution in [0, 0.1) is 0 Å². The second-order valence-corrected chi connectivity index (χ2v) is 5.49. The van der Waals surface area contributed by atoms with Crippen LogP contribution in [0.5, 0.6) is 5.75 Å². The molecule has 0 saturated carbocycles. The number of benzene rings is 1. The molecule has 3 heteroatoms.